The van der Waals surface area contributed by atoms with E-state index < -0.39 is 5.60 Å². The van der Waals surface area contributed by atoms with Crippen LogP contribution in [0.1, 0.15) is 29.6 Å². The van der Waals surface area contributed by atoms with Crippen molar-refractivity contribution in [2.45, 2.75) is 25.4 Å². The van der Waals surface area contributed by atoms with Crippen LogP contribution in [0.3, 0.4) is 0 Å². The first kappa shape index (κ1) is 16.4. The summed E-state index contributed by atoms with van der Waals surface area (Å²) < 4.78 is 5.08. The largest absolute Gasteiger partial charge is 0.386 e. The molecule has 0 radical (unpaired) electrons. The van der Waals surface area contributed by atoms with Crippen molar-refractivity contribution < 1.29 is 14.4 Å². The van der Waals surface area contributed by atoms with Crippen LogP contribution in [-0.4, -0.2) is 58.3 Å². The second-order valence-electron chi connectivity index (χ2n) is 6.28. The minimum absolute atomic E-state index is 0.240. The summed E-state index contributed by atoms with van der Waals surface area (Å²) >= 11 is 0. The molecule has 1 saturated heterocycles. The van der Waals surface area contributed by atoms with Gasteiger partial charge in [-0.1, -0.05) is 18.1 Å². The summed E-state index contributed by atoms with van der Waals surface area (Å²) in [5, 5.41) is 14.6. The maximum atomic E-state index is 12.4. The normalized spacial score (nSPS) is 20.4. The number of carbonyl (C=O) groups excluding carboxylic acids is 1. The lowest BCUT2D eigenvalue weighted by molar-refractivity contribution is 0.0260. The molecule has 0 saturated carbocycles. The van der Waals surface area contributed by atoms with Crippen LogP contribution in [0.4, 0.5) is 5.82 Å². The van der Waals surface area contributed by atoms with E-state index in [0.717, 1.165) is 5.82 Å². The van der Waals surface area contributed by atoms with Crippen molar-refractivity contribution >= 4 is 11.7 Å². The first-order chi connectivity index (χ1) is 11.5. The number of β-amino-alcohol motifs (C(OH)–C–C–N with tert-alkyl or cyclic N) is 1. The Labute approximate surface area is 140 Å². The minimum atomic E-state index is -0.959. The third-order valence-electron chi connectivity index (χ3n) is 4.31. The van der Waals surface area contributed by atoms with Crippen molar-refractivity contribution in [2.24, 2.45) is 0 Å². The van der Waals surface area contributed by atoms with Crippen LogP contribution in [-0.2, 0) is 6.42 Å². The summed E-state index contributed by atoms with van der Waals surface area (Å²) in [6, 6.07) is 7.35. The molecule has 7 nitrogen and oxygen atoms in total. The number of rotatable bonds is 5. The molecule has 3 heterocycles. The third kappa shape index (κ3) is 3.41. The molecule has 2 aromatic rings. The molecular weight excluding hydrogens is 308 g/mol. The van der Waals surface area contributed by atoms with Gasteiger partial charge < -0.3 is 19.4 Å². The Morgan fingerprint density at radius 3 is 3.00 bits per heavy atom. The molecule has 3 rings (SSSR count). The van der Waals surface area contributed by atoms with Crippen LogP contribution >= 0.6 is 0 Å². The fourth-order valence-electron chi connectivity index (χ4n) is 3.01. The van der Waals surface area contributed by atoms with Gasteiger partial charge in [-0.25, -0.2) is 4.98 Å². The van der Waals surface area contributed by atoms with E-state index in [1.807, 2.05) is 30.0 Å². The molecule has 2 aromatic heterocycles. The van der Waals surface area contributed by atoms with Gasteiger partial charge in [0.15, 0.2) is 5.69 Å². The lowest BCUT2D eigenvalue weighted by Crippen LogP contribution is -2.46. The lowest BCUT2D eigenvalue weighted by Gasteiger charge is -2.28. The number of carbonyl (C=O) groups is 1. The topological polar surface area (TPSA) is 82.7 Å². The maximum absolute atomic E-state index is 12.4. The van der Waals surface area contributed by atoms with Crippen LogP contribution in [0.5, 0.6) is 0 Å². The van der Waals surface area contributed by atoms with Gasteiger partial charge in [-0.15, -0.1) is 0 Å². The number of nitrogens with zero attached hydrogens (tertiary/aromatic N) is 4. The van der Waals surface area contributed by atoms with E-state index in [2.05, 4.69) is 10.1 Å². The van der Waals surface area contributed by atoms with Gasteiger partial charge in [-0.05, 0) is 18.6 Å². The smallest absolute Gasteiger partial charge is 0.275 e. The zero-order valence-corrected chi connectivity index (χ0v) is 14.0. The summed E-state index contributed by atoms with van der Waals surface area (Å²) in [7, 11) is 1.67. The third-order valence-corrected chi connectivity index (χ3v) is 4.31. The number of hydrogen-bond donors (Lipinski definition) is 1. The molecule has 1 fully saturated rings. The zero-order valence-electron chi connectivity index (χ0n) is 14.0. The second-order valence-corrected chi connectivity index (χ2v) is 6.28. The Bertz CT molecular complexity index is 703. The number of amides is 1. The highest BCUT2D eigenvalue weighted by Crippen LogP contribution is 2.26. The summed E-state index contributed by atoms with van der Waals surface area (Å²) in [6.07, 6.45) is 3.01. The van der Waals surface area contributed by atoms with E-state index in [-0.39, 0.29) is 18.1 Å². The SMILES string of the molecule is CCc1cc(C(=O)N(C)C[C@]2(O)CCN(c3ccccn3)C2)no1. The Hall–Kier alpha value is -2.41. The molecule has 1 atom stereocenters. The van der Waals surface area contributed by atoms with Crippen molar-refractivity contribution in [1.82, 2.24) is 15.0 Å². The van der Waals surface area contributed by atoms with Crippen molar-refractivity contribution in [2.75, 3.05) is 31.6 Å². The van der Waals surface area contributed by atoms with Gasteiger partial charge in [0.2, 0.25) is 0 Å². The van der Waals surface area contributed by atoms with Crippen LogP contribution in [0.25, 0.3) is 0 Å². The molecule has 1 aliphatic rings. The molecule has 0 bridgehead atoms. The zero-order chi connectivity index (χ0) is 17.2. The predicted molar refractivity (Wildman–Crippen MR) is 88.9 cm³/mol. The molecule has 0 spiro atoms. The molecule has 0 unspecified atom stereocenters. The highest BCUT2D eigenvalue weighted by molar-refractivity contribution is 5.92. The van der Waals surface area contributed by atoms with E-state index in [1.54, 1.807) is 19.3 Å². The number of aliphatic hydroxyl groups is 1. The number of likely N-dealkylation sites (N-methyl/N-ethyl adjacent to an activating group) is 1. The van der Waals surface area contributed by atoms with Gasteiger partial charge >= 0.3 is 0 Å². The van der Waals surface area contributed by atoms with E-state index in [1.165, 1.54) is 4.90 Å². The highest BCUT2D eigenvalue weighted by Gasteiger charge is 2.38. The monoisotopic (exact) mass is 330 g/mol. The molecule has 24 heavy (non-hydrogen) atoms. The van der Waals surface area contributed by atoms with Gasteiger partial charge in [0.1, 0.15) is 17.2 Å². The summed E-state index contributed by atoms with van der Waals surface area (Å²) in [5.41, 5.74) is -0.684. The fraction of sp³-hybridized carbons (Fsp3) is 0.471. The minimum Gasteiger partial charge on any atom is -0.386 e. The molecular formula is C17H22N4O3. The van der Waals surface area contributed by atoms with Gasteiger partial charge in [-0.3, -0.25) is 4.79 Å². The molecule has 1 aliphatic heterocycles. The molecule has 128 valence electrons. The van der Waals surface area contributed by atoms with Crippen LogP contribution in [0.15, 0.2) is 35.0 Å². The maximum Gasteiger partial charge on any atom is 0.275 e. The average Bonchev–Trinajstić information content (AvgIpc) is 3.22. The second kappa shape index (κ2) is 6.60. The van der Waals surface area contributed by atoms with Crippen molar-refractivity contribution in [3.8, 4) is 0 Å². The van der Waals surface area contributed by atoms with Gasteiger partial charge in [0.25, 0.3) is 5.91 Å². The summed E-state index contributed by atoms with van der Waals surface area (Å²) in [4.78, 5) is 20.3. The van der Waals surface area contributed by atoms with Crippen molar-refractivity contribution in [3.05, 3.63) is 41.9 Å². The van der Waals surface area contributed by atoms with Crippen LogP contribution < -0.4 is 4.90 Å². The van der Waals surface area contributed by atoms with E-state index in [9.17, 15) is 9.90 Å². The Morgan fingerprint density at radius 1 is 1.50 bits per heavy atom. The standard InChI is InChI=1S/C17H22N4O3/c1-3-13-10-14(19-24-13)16(22)20(2)11-17(23)7-9-21(12-17)15-6-4-5-8-18-15/h4-6,8,10,23H,3,7,9,11-12H2,1-2H3/t17-/m1/s1. The molecule has 1 amide bonds. The number of aryl methyl sites for hydroxylation is 1. The van der Waals surface area contributed by atoms with E-state index >= 15 is 0 Å². The number of anilines is 1. The highest BCUT2D eigenvalue weighted by atomic mass is 16.5. The van der Waals surface area contributed by atoms with E-state index in [0.29, 0.717) is 31.7 Å². The lowest BCUT2D eigenvalue weighted by atomic mass is 10.0. The number of pyridine rings is 1. The Morgan fingerprint density at radius 2 is 2.33 bits per heavy atom. The molecule has 1 N–H and O–H groups in total. The van der Waals surface area contributed by atoms with Crippen molar-refractivity contribution in [1.29, 1.82) is 0 Å². The molecule has 7 heteroatoms. The first-order valence-electron chi connectivity index (χ1n) is 8.10. The quantitative estimate of drug-likeness (QED) is 0.891. The Balaban J connectivity index is 1.63. The van der Waals surface area contributed by atoms with E-state index in [4.69, 9.17) is 4.52 Å². The molecule has 0 aliphatic carbocycles. The summed E-state index contributed by atoms with van der Waals surface area (Å²) in [5.74, 6) is 1.27. The fourth-order valence-corrected chi connectivity index (χ4v) is 3.01. The van der Waals surface area contributed by atoms with Crippen LogP contribution in [0.2, 0.25) is 0 Å². The first-order valence-corrected chi connectivity index (χ1v) is 8.10. The Kier molecular flexibility index (Phi) is 4.53. The summed E-state index contributed by atoms with van der Waals surface area (Å²) in [6.45, 7) is 3.33. The van der Waals surface area contributed by atoms with Gasteiger partial charge in [0, 0.05) is 38.8 Å². The predicted octanol–water partition coefficient (Wildman–Crippen LogP) is 1.35. The number of aromatic nitrogens is 2. The molecule has 0 aromatic carbocycles. The van der Waals surface area contributed by atoms with Crippen molar-refractivity contribution in [3.63, 3.8) is 0 Å². The number of hydrogen-bond acceptors (Lipinski definition) is 6. The average molecular weight is 330 g/mol. The van der Waals surface area contributed by atoms with Gasteiger partial charge in [0.05, 0.1) is 6.54 Å². The van der Waals surface area contributed by atoms with Gasteiger partial charge in [-0.2, -0.15) is 0 Å². The van der Waals surface area contributed by atoms with Crippen LogP contribution in [0, 0.1) is 0 Å².